The van der Waals surface area contributed by atoms with Gasteiger partial charge in [0.2, 0.25) is 0 Å². The van der Waals surface area contributed by atoms with Crippen LogP contribution in [-0.2, 0) is 23.1 Å². The molecule has 0 aromatic rings. The Bertz CT molecular complexity index is 712. The minimum absolute atomic E-state index is 0.236. The minimum Gasteiger partial charge on any atom is -0.374 e. The molecule has 7 atom stereocenters. The van der Waals surface area contributed by atoms with Crippen LogP contribution in [0.4, 0.5) is 4.79 Å². The molecule has 144 valence electrons. The van der Waals surface area contributed by atoms with Gasteiger partial charge in [-0.05, 0) is 17.1 Å². The molecule has 1 aliphatic carbocycles. The Labute approximate surface area is 155 Å². The van der Waals surface area contributed by atoms with Crippen molar-refractivity contribution >= 4 is 33.1 Å². The topological polar surface area (TPSA) is 135 Å². The van der Waals surface area contributed by atoms with Crippen LogP contribution >= 0.6 is 27.1 Å². The number of thiol groups is 1. The van der Waals surface area contributed by atoms with Gasteiger partial charge in [-0.3, -0.25) is 9.46 Å². The van der Waals surface area contributed by atoms with Crippen LogP contribution in [0.2, 0.25) is 0 Å². The summed E-state index contributed by atoms with van der Waals surface area (Å²) in [5, 5.41) is 2.53. The third-order valence-electron chi connectivity index (χ3n) is 4.58. The standard InChI is InChI=1S/C13H18N2O8P2S/c1-6-3-4-15(13(16)14-6)12-11(21-2)10(23-24(17)26)9(22-12)7-5-8(7)25(18,19)20/h3-4,7-12H,1,5H2,2H3,(H3-,14,16,17,18,19,20,26)/p+1. The van der Waals surface area contributed by atoms with Gasteiger partial charge in [0.1, 0.15) is 18.4 Å². The van der Waals surface area contributed by atoms with Crippen molar-refractivity contribution in [2.45, 2.75) is 36.6 Å². The number of urea groups is 1. The number of carbonyl (C=O) groups excluding carboxylic acids is 1. The van der Waals surface area contributed by atoms with E-state index in [2.05, 4.69) is 24.1 Å². The van der Waals surface area contributed by atoms with Crippen molar-refractivity contribution in [3.63, 3.8) is 0 Å². The van der Waals surface area contributed by atoms with E-state index >= 15 is 0 Å². The smallest absolute Gasteiger partial charge is 0.374 e. The van der Waals surface area contributed by atoms with E-state index in [0.717, 1.165) is 0 Å². The number of hydrogen-bond donors (Lipinski definition) is 4. The Balaban J connectivity index is 1.86. The summed E-state index contributed by atoms with van der Waals surface area (Å²) in [7, 11) is -5.23. The van der Waals surface area contributed by atoms with E-state index in [1.54, 1.807) is 6.08 Å². The molecular formula is C13H19N2O8P2S+. The van der Waals surface area contributed by atoms with Gasteiger partial charge in [0, 0.05) is 24.9 Å². The molecule has 3 rings (SSSR count). The van der Waals surface area contributed by atoms with Gasteiger partial charge in [-0.2, -0.15) is 0 Å². The Morgan fingerprint density at radius 2 is 2.19 bits per heavy atom. The molecule has 3 aliphatic rings. The molecule has 3 N–H and O–H groups in total. The highest BCUT2D eigenvalue weighted by Gasteiger charge is 2.63. The maximum Gasteiger partial charge on any atom is 0.582 e. The van der Waals surface area contributed by atoms with Crippen molar-refractivity contribution in [3.05, 3.63) is 24.6 Å². The van der Waals surface area contributed by atoms with E-state index in [-0.39, 0.29) is 6.42 Å². The molecule has 0 spiro atoms. The number of hydrogen-bond acceptors (Lipinski definition) is 6. The number of allylic oxidation sites excluding steroid dienone is 1. The van der Waals surface area contributed by atoms with Crippen LogP contribution in [0.5, 0.6) is 0 Å². The average molecular weight is 425 g/mol. The number of rotatable bonds is 6. The van der Waals surface area contributed by atoms with Gasteiger partial charge < -0.3 is 24.6 Å². The van der Waals surface area contributed by atoms with Crippen molar-refractivity contribution in [1.82, 2.24) is 10.2 Å². The monoisotopic (exact) mass is 425 g/mol. The number of nitrogens with zero attached hydrogens (tertiary/aromatic N) is 1. The lowest BCUT2D eigenvalue weighted by atomic mass is 10.1. The third kappa shape index (κ3) is 3.90. The van der Waals surface area contributed by atoms with Crippen LogP contribution in [0, 0.1) is 5.92 Å². The summed E-state index contributed by atoms with van der Waals surface area (Å²) in [5.74, 6) is -0.501. The van der Waals surface area contributed by atoms with E-state index in [0.29, 0.717) is 5.70 Å². The Morgan fingerprint density at radius 3 is 2.69 bits per heavy atom. The molecule has 1 saturated heterocycles. The van der Waals surface area contributed by atoms with E-state index in [1.807, 2.05) is 0 Å². The molecule has 1 saturated carbocycles. The van der Waals surface area contributed by atoms with Gasteiger partial charge in [0.05, 0.1) is 11.8 Å². The zero-order valence-corrected chi connectivity index (χ0v) is 16.3. The van der Waals surface area contributed by atoms with Crippen LogP contribution < -0.4 is 5.32 Å². The highest BCUT2D eigenvalue weighted by molar-refractivity contribution is 8.39. The van der Waals surface area contributed by atoms with Gasteiger partial charge in [-0.25, -0.2) is 4.79 Å². The molecule has 10 nitrogen and oxygen atoms in total. The van der Waals surface area contributed by atoms with Gasteiger partial charge in [0.25, 0.3) is 0 Å². The maximum absolute atomic E-state index is 12.2. The van der Waals surface area contributed by atoms with E-state index in [9.17, 15) is 23.7 Å². The zero-order chi connectivity index (χ0) is 19.2. The first-order chi connectivity index (χ1) is 12.1. The Morgan fingerprint density at radius 1 is 1.50 bits per heavy atom. The fraction of sp³-hybridized carbons (Fsp3) is 0.615. The van der Waals surface area contributed by atoms with E-state index < -0.39 is 57.0 Å². The van der Waals surface area contributed by atoms with Crippen LogP contribution in [0.15, 0.2) is 24.6 Å². The van der Waals surface area contributed by atoms with Gasteiger partial charge in [0.15, 0.2) is 12.3 Å². The number of amides is 2. The fourth-order valence-electron chi connectivity index (χ4n) is 3.33. The molecule has 0 aromatic carbocycles. The van der Waals surface area contributed by atoms with E-state index in [1.165, 1.54) is 18.2 Å². The predicted octanol–water partition coefficient (Wildman–Crippen LogP) is 1.32. The second kappa shape index (κ2) is 7.33. The second-order valence-corrected chi connectivity index (χ2v) is 9.74. The molecular weight excluding hydrogens is 406 g/mol. The first-order valence-corrected chi connectivity index (χ1v) is 11.7. The quantitative estimate of drug-likeness (QED) is 0.370. The SMILES string of the molecule is C=C1C=CN(C2OC(C3CC3P(=O)(O)O)C(O[P+](=O)S)C2OC)C(=O)N1. The summed E-state index contributed by atoms with van der Waals surface area (Å²) in [6.07, 6.45) is -0.202. The third-order valence-corrected chi connectivity index (χ3v) is 6.74. The second-order valence-electron chi connectivity index (χ2n) is 6.23. The molecule has 2 aliphatic heterocycles. The molecule has 2 fully saturated rings. The maximum atomic E-state index is 12.2. The van der Waals surface area contributed by atoms with E-state index in [4.69, 9.17) is 14.0 Å². The largest absolute Gasteiger partial charge is 0.582 e. The molecule has 2 heterocycles. The highest BCUT2D eigenvalue weighted by atomic mass is 32.7. The summed E-state index contributed by atoms with van der Waals surface area (Å²) in [5.41, 5.74) is -0.456. The molecule has 2 amide bonds. The predicted molar refractivity (Wildman–Crippen MR) is 93.5 cm³/mol. The molecule has 0 radical (unpaired) electrons. The lowest BCUT2D eigenvalue weighted by Gasteiger charge is -2.31. The van der Waals surface area contributed by atoms with Gasteiger partial charge >= 0.3 is 20.9 Å². The molecule has 0 bridgehead atoms. The fourth-order valence-corrected chi connectivity index (χ4v) is 5.29. The normalized spacial score (nSPS) is 37.7. The lowest BCUT2D eigenvalue weighted by molar-refractivity contribution is -0.0681. The van der Waals surface area contributed by atoms with Crippen molar-refractivity contribution in [2.24, 2.45) is 5.92 Å². The molecule has 7 unspecified atom stereocenters. The van der Waals surface area contributed by atoms with Crippen LogP contribution in [0.1, 0.15) is 6.42 Å². The summed E-state index contributed by atoms with van der Waals surface area (Å²) < 4.78 is 39.7. The highest BCUT2D eigenvalue weighted by Crippen LogP contribution is 2.61. The first kappa shape index (κ1) is 20.0. The molecule has 13 heteroatoms. The van der Waals surface area contributed by atoms with Crippen molar-refractivity contribution in [1.29, 1.82) is 0 Å². The summed E-state index contributed by atoms with van der Waals surface area (Å²) in [4.78, 5) is 32.2. The lowest BCUT2D eigenvalue weighted by Crippen LogP contribution is -2.50. The first-order valence-electron chi connectivity index (χ1n) is 7.66. The van der Waals surface area contributed by atoms with Crippen molar-refractivity contribution < 1.29 is 37.7 Å². The minimum atomic E-state index is -4.28. The number of carbonyl (C=O) groups is 1. The average Bonchev–Trinajstić information content (AvgIpc) is 3.25. The van der Waals surface area contributed by atoms with Crippen molar-refractivity contribution in [3.8, 4) is 0 Å². The zero-order valence-electron chi connectivity index (χ0n) is 13.7. The molecule has 26 heavy (non-hydrogen) atoms. The summed E-state index contributed by atoms with van der Waals surface area (Å²) in [6, 6.07) is -0.499. The van der Waals surface area contributed by atoms with Crippen LogP contribution in [0.3, 0.4) is 0 Å². The van der Waals surface area contributed by atoms with Crippen molar-refractivity contribution in [2.75, 3.05) is 7.11 Å². The summed E-state index contributed by atoms with van der Waals surface area (Å²) >= 11 is 3.75. The van der Waals surface area contributed by atoms with Crippen LogP contribution in [0.25, 0.3) is 0 Å². The number of nitrogens with one attached hydrogen (secondary N) is 1. The van der Waals surface area contributed by atoms with Gasteiger partial charge in [-0.15, -0.1) is 4.52 Å². The Kier molecular flexibility index (Phi) is 5.63. The number of ether oxygens (including phenoxy) is 2. The van der Waals surface area contributed by atoms with Gasteiger partial charge in [-0.1, -0.05) is 6.58 Å². The molecule has 0 aromatic heterocycles. The van der Waals surface area contributed by atoms with Crippen LogP contribution in [-0.4, -0.2) is 58.0 Å². The summed E-state index contributed by atoms with van der Waals surface area (Å²) in [6.45, 7) is 3.63. The number of methoxy groups -OCH3 is 1. The Hall–Kier alpha value is -0.770.